The summed E-state index contributed by atoms with van der Waals surface area (Å²) in [5.74, 6) is 0. The van der Waals surface area contributed by atoms with E-state index in [9.17, 15) is 0 Å². The van der Waals surface area contributed by atoms with Crippen molar-refractivity contribution in [2.45, 2.75) is 0 Å². The molecule has 13 valence electrons. The quantitative estimate of drug-likeness (QED) is 0.324. The van der Waals surface area contributed by atoms with Gasteiger partial charge in [0.1, 0.15) is 0 Å². The van der Waals surface area contributed by atoms with Gasteiger partial charge < -0.3 is 0 Å². The van der Waals surface area contributed by atoms with Crippen LogP contribution in [0.5, 0.6) is 0 Å². The van der Waals surface area contributed by atoms with Crippen LogP contribution in [-0.4, -0.2) is 48.9 Å². The molecular formula is AgBaNdTh+8. The smallest absolute Gasteiger partial charge is 1.00 e. The van der Waals surface area contributed by atoms with E-state index in [1.165, 1.54) is 0 Å². The third-order valence-electron chi connectivity index (χ3n) is 0. The summed E-state index contributed by atoms with van der Waals surface area (Å²) in [6.45, 7) is 0. The summed E-state index contributed by atoms with van der Waals surface area (Å²) in [5, 5.41) is 0. The molecule has 0 rings (SSSR count). The molecule has 0 aliphatic carbocycles. The fourth-order valence-corrected chi connectivity index (χ4v) is 0. The van der Waals surface area contributed by atoms with Crippen molar-refractivity contribution in [2.24, 2.45) is 0 Å². The molecule has 4 heavy (non-hydrogen) atoms. The van der Waals surface area contributed by atoms with Crippen molar-refractivity contribution in [2.75, 3.05) is 0 Å². The molecular weight excluding hydrogens is 621 g/mol. The van der Waals surface area contributed by atoms with Gasteiger partial charge in [0.05, 0.1) is 0 Å². The van der Waals surface area contributed by atoms with Crippen LogP contribution >= 0.6 is 0 Å². The summed E-state index contributed by atoms with van der Waals surface area (Å²) < 4.78 is 0. The molecule has 0 aliphatic rings. The Hall–Kier alpha value is 4.99. The van der Waals surface area contributed by atoms with Crippen LogP contribution in [0.15, 0.2) is 0 Å². The van der Waals surface area contributed by atoms with Crippen LogP contribution in [0.2, 0.25) is 0 Å². The molecule has 0 aromatic carbocycles. The van der Waals surface area contributed by atoms with Gasteiger partial charge >= 0.3 is 152 Å². The number of hydrogen-bond acceptors (Lipinski definition) is 0. The normalized spacial score (nSPS) is 0. The Labute approximate surface area is 147 Å². The fraction of sp³-hybridized carbons (Fsp3) is 0. The van der Waals surface area contributed by atoms with Gasteiger partial charge in [0, 0.05) is 0 Å². The molecule has 0 unspecified atom stereocenters. The molecule has 0 bridgehead atoms. The summed E-state index contributed by atoms with van der Waals surface area (Å²) in [5.41, 5.74) is 0. The molecule has 0 aromatic heterocycles. The van der Waals surface area contributed by atoms with Crippen LogP contribution in [0.3, 0.4) is 0 Å². The van der Waals surface area contributed by atoms with E-state index in [1.54, 1.807) is 0 Å². The second-order valence-electron chi connectivity index (χ2n) is 0. The minimum absolute atomic E-state index is 0. The average molecular weight is 621 g/mol. The van der Waals surface area contributed by atoms with Gasteiger partial charge in [-0.1, -0.05) is 0 Å². The van der Waals surface area contributed by atoms with Crippen molar-refractivity contribution in [1.29, 1.82) is 0 Å². The summed E-state index contributed by atoms with van der Waals surface area (Å²) in [4.78, 5) is 0. The zero-order valence-corrected chi connectivity index (χ0v) is 15.2. The molecule has 0 aliphatic heterocycles. The van der Waals surface area contributed by atoms with E-state index in [4.69, 9.17) is 0 Å². The van der Waals surface area contributed by atoms with Crippen molar-refractivity contribution in [1.82, 2.24) is 0 Å². The van der Waals surface area contributed by atoms with Crippen LogP contribution in [0.4, 0.5) is 0 Å². The van der Waals surface area contributed by atoms with Gasteiger partial charge in [-0.05, 0) is 0 Å². The Morgan fingerprint density at radius 1 is 1.00 bits per heavy atom. The van der Waals surface area contributed by atoms with E-state index in [2.05, 4.69) is 0 Å². The summed E-state index contributed by atoms with van der Waals surface area (Å²) in [6.07, 6.45) is 0. The second-order valence-corrected chi connectivity index (χ2v) is 0. The van der Waals surface area contributed by atoms with Crippen molar-refractivity contribution in [3.8, 4) is 0 Å². The van der Waals surface area contributed by atoms with Crippen molar-refractivity contribution < 1.29 is 103 Å². The van der Waals surface area contributed by atoms with Crippen molar-refractivity contribution >= 4 is 48.9 Å². The Morgan fingerprint density at radius 3 is 1.00 bits per heavy atom. The molecule has 0 saturated heterocycles. The largest absolute Gasteiger partial charge is 3.00 e. The van der Waals surface area contributed by atoms with Crippen molar-refractivity contribution in [3.05, 3.63) is 0 Å². The van der Waals surface area contributed by atoms with E-state index >= 15 is 0 Å². The predicted octanol–water partition coefficient (Wildman–Crippen LogP) is -0.383. The third-order valence-corrected chi connectivity index (χ3v) is 0. The fourth-order valence-electron chi connectivity index (χ4n) is 0. The maximum absolute atomic E-state index is 0. The van der Waals surface area contributed by atoms with E-state index < -0.39 is 0 Å². The van der Waals surface area contributed by atoms with E-state index in [0.29, 0.717) is 0 Å². The topological polar surface area (TPSA) is 0 Å². The molecule has 0 fully saturated rings. The first-order valence-electron chi connectivity index (χ1n) is 0. The Kier molecular flexibility index (Phi) is 90.4. The van der Waals surface area contributed by atoms with E-state index in [1.807, 2.05) is 0 Å². The Balaban J connectivity index is 0. The van der Waals surface area contributed by atoms with Crippen molar-refractivity contribution in [3.63, 3.8) is 0 Å². The summed E-state index contributed by atoms with van der Waals surface area (Å²) >= 11 is 0. The molecule has 1 radical (unpaired) electrons. The first kappa shape index (κ1) is 23.1. The molecule has 0 saturated carbocycles. The molecule has 0 nitrogen and oxygen atoms in total. The maximum Gasteiger partial charge on any atom is 3.00 e. The standard InChI is InChI=1S/Ag.Ba.Nd.Th/q+1;+2;+3;+2. The summed E-state index contributed by atoms with van der Waals surface area (Å²) in [7, 11) is 0. The third kappa shape index (κ3) is 10.1. The maximum atomic E-state index is 0. The van der Waals surface area contributed by atoms with Crippen LogP contribution in [-0.2, 0) is 22.4 Å². The monoisotopic (exact) mass is 619 g/mol. The van der Waals surface area contributed by atoms with E-state index in [0.717, 1.165) is 0 Å². The van der Waals surface area contributed by atoms with Gasteiger partial charge in [-0.2, -0.15) is 0 Å². The molecule has 0 atom stereocenters. The zero-order valence-electron chi connectivity index (χ0n) is 2.01. The Morgan fingerprint density at radius 2 is 1.00 bits per heavy atom. The van der Waals surface area contributed by atoms with Crippen LogP contribution < -0.4 is 0 Å². The first-order valence-corrected chi connectivity index (χ1v) is 0. The SMILES string of the molecule is [Ag+].[Ba+2].[Nd+3].[Th+2]. The zero-order chi connectivity index (χ0) is 0. The number of hydrogen-bond donors (Lipinski definition) is 0. The Bertz CT molecular complexity index is 8.00. The molecule has 4 heteroatoms. The second kappa shape index (κ2) is 15.7. The average Bonchev–Trinajstić information content (AvgIpc) is 0. The van der Waals surface area contributed by atoms with Crippen LogP contribution in [0, 0.1) is 80.8 Å². The van der Waals surface area contributed by atoms with Gasteiger partial charge in [0.25, 0.3) is 0 Å². The molecule has 0 heterocycles. The van der Waals surface area contributed by atoms with Crippen LogP contribution in [0.25, 0.3) is 0 Å². The van der Waals surface area contributed by atoms with Gasteiger partial charge in [0.2, 0.25) is 0 Å². The van der Waals surface area contributed by atoms with Gasteiger partial charge in [-0.3, -0.25) is 0 Å². The molecule has 0 amide bonds. The molecule has 0 aromatic rings. The van der Waals surface area contributed by atoms with E-state index in [-0.39, 0.29) is 152 Å². The minimum atomic E-state index is 0. The summed E-state index contributed by atoms with van der Waals surface area (Å²) in [6, 6.07) is 0. The predicted molar refractivity (Wildman–Crippen MR) is 5.75 cm³/mol. The van der Waals surface area contributed by atoms with Gasteiger partial charge in [-0.25, -0.2) is 0 Å². The number of rotatable bonds is 0. The molecule has 0 N–H and O–H groups in total. The van der Waals surface area contributed by atoms with Gasteiger partial charge in [-0.15, -0.1) is 0 Å². The minimum Gasteiger partial charge on any atom is 1.00 e. The van der Waals surface area contributed by atoms with Crippen LogP contribution in [0.1, 0.15) is 0 Å². The first-order chi connectivity index (χ1) is 0. The molecule has 0 spiro atoms. The van der Waals surface area contributed by atoms with Gasteiger partial charge in [0.15, 0.2) is 0 Å².